The Bertz CT molecular complexity index is 356. The highest BCUT2D eigenvalue weighted by atomic mass is 79.9. The number of aromatic nitrogens is 1. The number of amides is 1. The number of rotatable bonds is 1. The number of nitrogens with one attached hydrogen (secondary N) is 1. The van der Waals surface area contributed by atoms with E-state index in [9.17, 15) is 4.79 Å². The number of hydrogen-bond acceptors (Lipinski definition) is 3. The number of carbonyl (C=O) groups excluding carboxylic acids is 1. The molecule has 0 radical (unpaired) electrons. The molecule has 0 aromatic carbocycles. The van der Waals surface area contributed by atoms with Crippen LogP contribution in [0.15, 0.2) is 22.9 Å². The van der Waals surface area contributed by atoms with Crippen molar-refractivity contribution in [3.63, 3.8) is 0 Å². The number of piperazine rings is 1. The minimum Gasteiger partial charge on any atom is -0.359 e. The van der Waals surface area contributed by atoms with Crippen molar-refractivity contribution >= 4 is 27.5 Å². The van der Waals surface area contributed by atoms with Crippen LogP contribution in [0.5, 0.6) is 0 Å². The van der Waals surface area contributed by atoms with E-state index in [0.717, 1.165) is 16.7 Å². The summed E-state index contributed by atoms with van der Waals surface area (Å²) in [4.78, 5) is 17.2. The third kappa shape index (κ3) is 1.87. The second-order valence-electron chi connectivity index (χ2n) is 3.10. The topological polar surface area (TPSA) is 45.2 Å². The molecule has 1 aromatic heterocycles. The van der Waals surface area contributed by atoms with Crippen LogP contribution in [0.25, 0.3) is 0 Å². The summed E-state index contributed by atoms with van der Waals surface area (Å²) in [7, 11) is 0. The quantitative estimate of drug-likeness (QED) is 0.807. The van der Waals surface area contributed by atoms with Gasteiger partial charge in [0.2, 0.25) is 5.91 Å². The van der Waals surface area contributed by atoms with Crippen molar-refractivity contribution in [3.8, 4) is 0 Å². The lowest BCUT2D eigenvalue weighted by Crippen LogP contribution is -2.47. The fourth-order valence-electron chi connectivity index (χ4n) is 1.47. The number of nitrogens with zero attached hydrogens (tertiary/aromatic N) is 2. The van der Waals surface area contributed by atoms with Crippen molar-refractivity contribution in [3.05, 3.63) is 22.9 Å². The van der Waals surface area contributed by atoms with Crippen molar-refractivity contribution in [2.45, 2.75) is 0 Å². The van der Waals surface area contributed by atoms with Gasteiger partial charge in [0.1, 0.15) is 0 Å². The lowest BCUT2D eigenvalue weighted by molar-refractivity contribution is -0.120. The molecular formula is C9H10BrN3O. The van der Waals surface area contributed by atoms with Gasteiger partial charge >= 0.3 is 0 Å². The van der Waals surface area contributed by atoms with E-state index in [4.69, 9.17) is 0 Å². The fourth-order valence-corrected chi connectivity index (χ4v) is 1.97. The monoisotopic (exact) mass is 255 g/mol. The molecule has 0 bridgehead atoms. The second kappa shape index (κ2) is 3.96. The fraction of sp³-hybridized carbons (Fsp3) is 0.333. The van der Waals surface area contributed by atoms with Gasteiger partial charge in [-0.3, -0.25) is 9.78 Å². The maximum Gasteiger partial charge on any atom is 0.239 e. The minimum atomic E-state index is 0.0694. The molecule has 14 heavy (non-hydrogen) atoms. The van der Waals surface area contributed by atoms with Crippen LogP contribution in [0.4, 0.5) is 5.69 Å². The summed E-state index contributed by atoms with van der Waals surface area (Å²) in [6.07, 6.45) is 3.47. The SMILES string of the molecule is O=C1CN(c2ccncc2Br)CCN1. The molecule has 1 aliphatic heterocycles. The summed E-state index contributed by atoms with van der Waals surface area (Å²) in [5.41, 5.74) is 1.02. The lowest BCUT2D eigenvalue weighted by Gasteiger charge is -2.29. The lowest BCUT2D eigenvalue weighted by atomic mass is 10.3. The zero-order chi connectivity index (χ0) is 9.97. The number of carbonyl (C=O) groups is 1. The van der Waals surface area contributed by atoms with Crippen molar-refractivity contribution < 1.29 is 4.79 Å². The van der Waals surface area contributed by atoms with Gasteiger partial charge < -0.3 is 10.2 Å². The molecule has 1 saturated heterocycles. The molecule has 0 aliphatic carbocycles. The second-order valence-corrected chi connectivity index (χ2v) is 3.95. The Morgan fingerprint density at radius 3 is 3.14 bits per heavy atom. The molecule has 0 saturated carbocycles. The van der Waals surface area contributed by atoms with E-state index in [0.29, 0.717) is 13.1 Å². The van der Waals surface area contributed by atoms with Crippen molar-refractivity contribution in [1.82, 2.24) is 10.3 Å². The van der Waals surface area contributed by atoms with Gasteiger partial charge in [-0.1, -0.05) is 0 Å². The van der Waals surface area contributed by atoms with Crippen LogP contribution in [0, 0.1) is 0 Å². The normalized spacial score (nSPS) is 16.6. The number of pyridine rings is 1. The summed E-state index contributed by atoms with van der Waals surface area (Å²) in [6, 6.07) is 1.91. The van der Waals surface area contributed by atoms with Crippen LogP contribution in [0.2, 0.25) is 0 Å². The van der Waals surface area contributed by atoms with E-state index in [2.05, 4.69) is 26.2 Å². The van der Waals surface area contributed by atoms with Crippen LogP contribution in [0.1, 0.15) is 0 Å². The largest absolute Gasteiger partial charge is 0.359 e. The molecule has 1 aliphatic rings. The molecule has 0 unspecified atom stereocenters. The smallest absolute Gasteiger partial charge is 0.239 e. The van der Waals surface area contributed by atoms with Crippen molar-refractivity contribution in [2.75, 3.05) is 24.5 Å². The van der Waals surface area contributed by atoms with E-state index < -0.39 is 0 Å². The van der Waals surface area contributed by atoms with Crippen LogP contribution >= 0.6 is 15.9 Å². The highest BCUT2D eigenvalue weighted by molar-refractivity contribution is 9.10. The molecular weight excluding hydrogens is 246 g/mol. The Balaban J connectivity index is 2.22. The van der Waals surface area contributed by atoms with Crippen LogP contribution in [-0.2, 0) is 4.79 Å². The molecule has 74 valence electrons. The number of halogens is 1. The van der Waals surface area contributed by atoms with E-state index in [1.54, 1.807) is 12.4 Å². The van der Waals surface area contributed by atoms with Gasteiger partial charge in [0, 0.05) is 25.5 Å². The summed E-state index contributed by atoms with van der Waals surface area (Å²) >= 11 is 3.42. The van der Waals surface area contributed by atoms with E-state index in [1.165, 1.54) is 0 Å². The summed E-state index contributed by atoms with van der Waals surface area (Å²) in [5, 5.41) is 2.79. The van der Waals surface area contributed by atoms with Gasteiger partial charge in [-0.25, -0.2) is 0 Å². The molecule has 2 rings (SSSR count). The Morgan fingerprint density at radius 1 is 1.57 bits per heavy atom. The molecule has 4 nitrogen and oxygen atoms in total. The van der Waals surface area contributed by atoms with E-state index in [-0.39, 0.29) is 5.91 Å². The van der Waals surface area contributed by atoms with Crippen molar-refractivity contribution in [1.29, 1.82) is 0 Å². The molecule has 0 atom stereocenters. The van der Waals surface area contributed by atoms with Gasteiger partial charge in [0.25, 0.3) is 0 Å². The van der Waals surface area contributed by atoms with Gasteiger partial charge in [-0.05, 0) is 22.0 Å². The van der Waals surface area contributed by atoms with E-state index >= 15 is 0 Å². The third-order valence-corrected chi connectivity index (χ3v) is 2.74. The molecule has 2 heterocycles. The summed E-state index contributed by atoms with van der Waals surface area (Å²) in [5.74, 6) is 0.0694. The summed E-state index contributed by atoms with van der Waals surface area (Å²) in [6.45, 7) is 1.96. The van der Waals surface area contributed by atoms with Crippen molar-refractivity contribution in [2.24, 2.45) is 0 Å². The molecule has 1 N–H and O–H groups in total. The van der Waals surface area contributed by atoms with Crippen LogP contribution < -0.4 is 10.2 Å². The summed E-state index contributed by atoms with van der Waals surface area (Å²) < 4.78 is 0.926. The van der Waals surface area contributed by atoms with Crippen LogP contribution in [0.3, 0.4) is 0 Å². The van der Waals surface area contributed by atoms with Crippen LogP contribution in [-0.4, -0.2) is 30.5 Å². The first-order chi connectivity index (χ1) is 6.77. The van der Waals surface area contributed by atoms with Gasteiger partial charge in [-0.2, -0.15) is 0 Å². The average molecular weight is 256 g/mol. The Morgan fingerprint density at radius 2 is 2.43 bits per heavy atom. The maximum atomic E-state index is 11.2. The Labute approximate surface area is 90.4 Å². The molecule has 0 spiro atoms. The predicted octanol–water partition coefficient (Wildman–Crippen LogP) is 0.780. The van der Waals surface area contributed by atoms with Gasteiger partial charge in [-0.15, -0.1) is 0 Å². The molecule has 1 fully saturated rings. The molecule has 1 amide bonds. The van der Waals surface area contributed by atoms with E-state index in [1.807, 2.05) is 11.0 Å². The Kier molecular flexibility index (Phi) is 2.67. The van der Waals surface area contributed by atoms with Gasteiger partial charge in [0.15, 0.2) is 0 Å². The predicted molar refractivity (Wildman–Crippen MR) is 57.2 cm³/mol. The first kappa shape index (κ1) is 9.45. The highest BCUT2D eigenvalue weighted by Gasteiger charge is 2.17. The average Bonchev–Trinajstić information content (AvgIpc) is 2.18. The third-order valence-electron chi connectivity index (χ3n) is 2.13. The highest BCUT2D eigenvalue weighted by Crippen LogP contribution is 2.24. The standard InChI is InChI=1S/C9H10BrN3O/c10-7-5-11-2-1-8(7)13-4-3-12-9(14)6-13/h1-2,5H,3-4,6H2,(H,12,14). The number of hydrogen-bond donors (Lipinski definition) is 1. The Hall–Kier alpha value is -1.10. The zero-order valence-electron chi connectivity index (χ0n) is 7.53. The number of anilines is 1. The molecule has 5 heteroatoms. The maximum absolute atomic E-state index is 11.2. The first-order valence-electron chi connectivity index (χ1n) is 4.38. The van der Waals surface area contributed by atoms with Gasteiger partial charge in [0.05, 0.1) is 16.7 Å². The first-order valence-corrected chi connectivity index (χ1v) is 5.18. The minimum absolute atomic E-state index is 0.0694. The zero-order valence-corrected chi connectivity index (χ0v) is 9.12. The molecule has 1 aromatic rings.